The van der Waals surface area contributed by atoms with Crippen molar-refractivity contribution < 1.29 is 19.0 Å². The fourth-order valence-corrected chi connectivity index (χ4v) is 3.47. The zero-order valence-corrected chi connectivity index (χ0v) is 15.6. The molecule has 2 aromatic rings. The first-order valence-electron chi connectivity index (χ1n) is 9.22. The van der Waals surface area contributed by atoms with Gasteiger partial charge in [0.25, 0.3) is 0 Å². The molecule has 0 spiro atoms. The van der Waals surface area contributed by atoms with Gasteiger partial charge in [-0.05, 0) is 31.5 Å². The fraction of sp³-hybridized carbons (Fsp3) is 0.450. The van der Waals surface area contributed by atoms with E-state index in [-0.39, 0.29) is 18.8 Å². The molecular weight excluding hydrogens is 346 g/mol. The number of hydrogen-bond donors (Lipinski definition) is 0. The van der Waals surface area contributed by atoms with Crippen LogP contribution in [0.5, 0.6) is 17.4 Å². The summed E-state index contributed by atoms with van der Waals surface area (Å²) in [5, 5.41) is 0. The Morgan fingerprint density at radius 1 is 1.15 bits per heavy atom. The molecular formula is C20H23N3O4. The summed E-state index contributed by atoms with van der Waals surface area (Å²) in [5.74, 6) is 2.90. The number of ether oxygens (including phenoxy) is 3. The third kappa shape index (κ3) is 4.13. The lowest BCUT2D eigenvalue weighted by Crippen LogP contribution is -2.42. The second-order valence-electron chi connectivity index (χ2n) is 6.96. The van der Waals surface area contributed by atoms with Gasteiger partial charge in [0.05, 0.1) is 6.42 Å². The lowest BCUT2D eigenvalue weighted by molar-refractivity contribution is -0.132. The second kappa shape index (κ2) is 7.42. The lowest BCUT2D eigenvalue weighted by Gasteiger charge is -2.32. The third-order valence-corrected chi connectivity index (χ3v) is 4.82. The van der Waals surface area contributed by atoms with Crippen LogP contribution in [0.2, 0.25) is 0 Å². The van der Waals surface area contributed by atoms with Crippen LogP contribution in [-0.4, -0.2) is 46.8 Å². The van der Waals surface area contributed by atoms with E-state index in [1.54, 1.807) is 0 Å². The number of rotatable bonds is 4. The standard InChI is InChI=1S/C20H23N3O4/c1-13-9-19(22-14(2)21-13)27-16-5-7-23(8-6-16)20(24)11-15-3-4-17-18(10-15)26-12-25-17/h3-4,9-10,16H,5-8,11-12H2,1-2H3. The van der Waals surface area contributed by atoms with E-state index >= 15 is 0 Å². The Kier molecular flexibility index (Phi) is 4.83. The van der Waals surface area contributed by atoms with Gasteiger partial charge in [0.2, 0.25) is 18.6 Å². The molecule has 3 heterocycles. The summed E-state index contributed by atoms with van der Waals surface area (Å²) in [6, 6.07) is 7.51. The van der Waals surface area contributed by atoms with E-state index in [0.717, 1.165) is 29.8 Å². The predicted octanol–water partition coefficient (Wildman–Crippen LogP) is 2.43. The van der Waals surface area contributed by atoms with E-state index in [1.807, 2.05) is 43.0 Å². The Bertz CT molecular complexity index is 827. The summed E-state index contributed by atoms with van der Waals surface area (Å²) in [6.07, 6.45) is 2.05. The SMILES string of the molecule is Cc1cc(OC2CCN(C(=O)Cc3ccc4c(c3)OCO4)CC2)nc(C)n1. The van der Waals surface area contributed by atoms with Gasteiger partial charge < -0.3 is 19.1 Å². The minimum Gasteiger partial charge on any atom is -0.474 e. The summed E-state index contributed by atoms with van der Waals surface area (Å²) >= 11 is 0. The maximum atomic E-state index is 12.6. The van der Waals surface area contributed by atoms with Crippen molar-refractivity contribution in [3.8, 4) is 17.4 Å². The normalized spacial score (nSPS) is 16.4. The van der Waals surface area contributed by atoms with Crippen LogP contribution in [0.25, 0.3) is 0 Å². The molecule has 2 aliphatic rings. The number of amides is 1. The van der Waals surface area contributed by atoms with Crippen LogP contribution < -0.4 is 14.2 Å². The molecule has 4 rings (SSSR count). The Morgan fingerprint density at radius 2 is 1.93 bits per heavy atom. The molecule has 1 amide bonds. The van der Waals surface area contributed by atoms with Crippen molar-refractivity contribution in [3.63, 3.8) is 0 Å². The monoisotopic (exact) mass is 369 g/mol. The zero-order chi connectivity index (χ0) is 18.8. The van der Waals surface area contributed by atoms with E-state index in [4.69, 9.17) is 14.2 Å². The minimum atomic E-state index is 0.0771. The van der Waals surface area contributed by atoms with Crippen molar-refractivity contribution >= 4 is 5.91 Å². The molecule has 1 aromatic heterocycles. The molecule has 142 valence electrons. The van der Waals surface area contributed by atoms with Crippen LogP contribution in [0, 0.1) is 13.8 Å². The number of piperidine rings is 1. The molecule has 0 N–H and O–H groups in total. The highest BCUT2D eigenvalue weighted by molar-refractivity contribution is 5.79. The highest BCUT2D eigenvalue weighted by Crippen LogP contribution is 2.32. The number of hydrogen-bond acceptors (Lipinski definition) is 6. The predicted molar refractivity (Wildman–Crippen MR) is 98.0 cm³/mol. The van der Waals surface area contributed by atoms with E-state index < -0.39 is 0 Å². The van der Waals surface area contributed by atoms with Gasteiger partial charge in [0, 0.05) is 37.7 Å². The Labute approximate surface area is 158 Å². The summed E-state index contributed by atoms with van der Waals surface area (Å²) in [5.41, 5.74) is 1.84. The minimum absolute atomic E-state index is 0.0771. The molecule has 1 saturated heterocycles. The Balaban J connectivity index is 1.30. The van der Waals surface area contributed by atoms with Gasteiger partial charge in [-0.25, -0.2) is 4.98 Å². The topological polar surface area (TPSA) is 73.8 Å². The van der Waals surface area contributed by atoms with Gasteiger partial charge in [0.1, 0.15) is 11.9 Å². The quantitative estimate of drug-likeness (QED) is 0.824. The smallest absolute Gasteiger partial charge is 0.231 e. The van der Waals surface area contributed by atoms with Gasteiger partial charge in [-0.2, -0.15) is 4.98 Å². The molecule has 7 heteroatoms. The molecule has 1 fully saturated rings. The Morgan fingerprint density at radius 3 is 2.70 bits per heavy atom. The molecule has 0 aliphatic carbocycles. The average Bonchev–Trinajstić information content (AvgIpc) is 3.09. The second-order valence-corrected chi connectivity index (χ2v) is 6.96. The number of fused-ring (bicyclic) bond motifs is 1. The van der Waals surface area contributed by atoms with Crippen LogP contribution >= 0.6 is 0 Å². The van der Waals surface area contributed by atoms with Crippen LogP contribution in [0.4, 0.5) is 0 Å². The molecule has 27 heavy (non-hydrogen) atoms. The molecule has 7 nitrogen and oxygen atoms in total. The fourth-order valence-electron chi connectivity index (χ4n) is 3.47. The van der Waals surface area contributed by atoms with Gasteiger partial charge >= 0.3 is 0 Å². The van der Waals surface area contributed by atoms with Crippen LogP contribution in [-0.2, 0) is 11.2 Å². The summed E-state index contributed by atoms with van der Waals surface area (Å²) in [7, 11) is 0. The Hall–Kier alpha value is -2.83. The van der Waals surface area contributed by atoms with Gasteiger partial charge in [-0.15, -0.1) is 0 Å². The number of aryl methyl sites for hydroxylation is 2. The number of nitrogens with zero attached hydrogens (tertiary/aromatic N) is 3. The third-order valence-electron chi connectivity index (χ3n) is 4.82. The summed E-state index contributed by atoms with van der Waals surface area (Å²) < 4.78 is 16.7. The first kappa shape index (κ1) is 17.6. The van der Waals surface area contributed by atoms with Crippen molar-refractivity contribution in [2.45, 2.75) is 39.2 Å². The molecule has 2 aliphatic heterocycles. The van der Waals surface area contributed by atoms with E-state index in [1.165, 1.54) is 0 Å². The van der Waals surface area contributed by atoms with Crippen molar-refractivity contribution in [1.82, 2.24) is 14.9 Å². The molecule has 0 saturated carbocycles. The summed E-state index contributed by atoms with van der Waals surface area (Å²) in [4.78, 5) is 23.1. The van der Waals surface area contributed by atoms with Crippen molar-refractivity contribution in [2.75, 3.05) is 19.9 Å². The lowest BCUT2D eigenvalue weighted by atomic mass is 10.1. The highest BCUT2D eigenvalue weighted by Gasteiger charge is 2.25. The average molecular weight is 369 g/mol. The molecule has 0 radical (unpaired) electrons. The van der Waals surface area contributed by atoms with E-state index in [2.05, 4.69) is 9.97 Å². The molecule has 0 atom stereocenters. The number of aromatic nitrogens is 2. The first-order chi connectivity index (χ1) is 13.1. The van der Waals surface area contributed by atoms with Gasteiger partial charge in [0.15, 0.2) is 11.5 Å². The maximum Gasteiger partial charge on any atom is 0.231 e. The van der Waals surface area contributed by atoms with Crippen LogP contribution in [0.15, 0.2) is 24.3 Å². The highest BCUT2D eigenvalue weighted by atomic mass is 16.7. The maximum absolute atomic E-state index is 12.6. The van der Waals surface area contributed by atoms with E-state index in [0.29, 0.717) is 37.0 Å². The van der Waals surface area contributed by atoms with Crippen molar-refractivity contribution in [2.24, 2.45) is 0 Å². The molecule has 1 aromatic carbocycles. The molecule has 0 bridgehead atoms. The van der Waals surface area contributed by atoms with Gasteiger partial charge in [-0.3, -0.25) is 4.79 Å². The van der Waals surface area contributed by atoms with Crippen molar-refractivity contribution in [3.05, 3.63) is 41.3 Å². The number of likely N-dealkylation sites (tertiary alicyclic amines) is 1. The van der Waals surface area contributed by atoms with Crippen molar-refractivity contribution in [1.29, 1.82) is 0 Å². The van der Waals surface area contributed by atoms with E-state index in [9.17, 15) is 4.79 Å². The number of carbonyl (C=O) groups is 1. The largest absolute Gasteiger partial charge is 0.474 e. The first-order valence-corrected chi connectivity index (χ1v) is 9.22. The summed E-state index contributed by atoms with van der Waals surface area (Å²) in [6.45, 7) is 5.41. The van der Waals surface area contributed by atoms with Crippen LogP contribution in [0.1, 0.15) is 29.9 Å². The van der Waals surface area contributed by atoms with Crippen LogP contribution in [0.3, 0.4) is 0 Å². The zero-order valence-electron chi connectivity index (χ0n) is 15.6. The number of benzene rings is 1. The number of carbonyl (C=O) groups excluding carboxylic acids is 1. The molecule has 0 unspecified atom stereocenters. The van der Waals surface area contributed by atoms with Gasteiger partial charge in [-0.1, -0.05) is 6.07 Å².